The zero-order valence-corrected chi connectivity index (χ0v) is 11.4. The molecule has 0 aromatic heterocycles. The van der Waals surface area contributed by atoms with E-state index in [1.165, 1.54) is 0 Å². The molecule has 114 valence electrons. The van der Waals surface area contributed by atoms with Gasteiger partial charge >= 0.3 is 18.0 Å². The number of aliphatic carboxylic acids is 2. The van der Waals surface area contributed by atoms with Gasteiger partial charge in [0.2, 0.25) is 0 Å². The number of carbonyl (C=O) groups excluding carboxylic acids is 1. The van der Waals surface area contributed by atoms with Crippen molar-refractivity contribution in [2.45, 2.75) is 25.8 Å². The molecule has 1 saturated heterocycles. The molecule has 2 atom stereocenters. The number of alkyl carbamates (subject to hydrolysis) is 1. The van der Waals surface area contributed by atoms with Crippen LogP contribution in [0, 0.1) is 5.92 Å². The van der Waals surface area contributed by atoms with E-state index in [4.69, 9.17) is 14.9 Å². The van der Waals surface area contributed by atoms with Crippen molar-refractivity contribution in [1.29, 1.82) is 0 Å². The number of carboxylic acids is 2. The van der Waals surface area contributed by atoms with Crippen LogP contribution >= 0.6 is 0 Å². The highest BCUT2D eigenvalue weighted by atomic mass is 16.5. The van der Waals surface area contributed by atoms with E-state index in [0.717, 1.165) is 0 Å². The van der Waals surface area contributed by atoms with Crippen LogP contribution in [0.15, 0.2) is 0 Å². The Hall–Kier alpha value is -1.83. The third-order valence-corrected chi connectivity index (χ3v) is 3.11. The van der Waals surface area contributed by atoms with Gasteiger partial charge in [-0.3, -0.25) is 14.5 Å². The van der Waals surface area contributed by atoms with Gasteiger partial charge in [0.25, 0.3) is 0 Å². The van der Waals surface area contributed by atoms with E-state index >= 15 is 0 Å². The summed E-state index contributed by atoms with van der Waals surface area (Å²) in [6, 6.07) is -0.349. The molecule has 1 amide bonds. The van der Waals surface area contributed by atoms with Gasteiger partial charge < -0.3 is 20.3 Å². The van der Waals surface area contributed by atoms with Gasteiger partial charge in [-0.1, -0.05) is 0 Å². The minimum atomic E-state index is -0.944. The summed E-state index contributed by atoms with van der Waals surface area (Å²) in [6.07, 6.45) is -0.322. The van der Waals surface area contributed by atoms with E-state index in [1.54, 1.807) is 11.8 Å². The number of likely N-dealkylation sites (tertiary alicyclic amines) is 1. The standard InChI is InChI=1S/C12H20N2O6/c1-2-20-12(19)13-9-5-8(11(17)18)6-14(7-9)4-3-10(15)16/h8-9H,2-7H2,1H3,(H,13,19)(H,15,16)(H,17,18). The molecule has 0 bridgehead atoms. The van der Waals surface area contributed by atoms with Crippen LogP contribution < -0.4 is 5.32 Å². The van der Waals surface area contributed by atoms with E-state index in [-0.39, 0.29) is 25.6 Å². The van der Waals surface area contributed by atoms with Gasteiger partial charge in [0.15, 0.2) is 0 Å². The molecule has 1 aliphatic heterocycles. The summed E-state index contributed by atoms with van der Waals surface area (Å²) in [5.74, 6) is -2.50. The molecule has 1 rings (SSSR count). The maximum absolute atomic E-state index is 11.4. The second kappa shape index (κ2) is 7.68. The highest BCUT2D eigenvalue weighted by Crippen LogP contribution is 2.17. The molecule has 0 aromatic carbocycles. The number of nitrogens with one attached hydrogen (secondary N) is 1. The van der Waals surface area contributed by atoms with Crippen molar-refractivity contribution in [3.8, 4) is 0 Å². The molecular formula is C12H20N2O6. The van der Waals surface area contributed by atoms with Crippen LogP contribution in [-0.4, -0.2) is 65.4 Å². The Labute approximate surface area is 116 Å². The normalized spacial score (nSPS) is 23.1. The molecular weight excluding hydrogens is 268 g/mol. The van der Waals surface area contributed by atoms with Crippen molar-refractivity contribution in [3.05, 3.63) is 0 Å². The Morgan fingerprint density at radius 1 is 1.30 bits per heavy atom. The topological polar surface area (TPSA) is 116 Å². The smallest absolute Gasteiger partial charge is 0.407 e. The van der Waals surface area contributed by atoms with Crippen LogP contribution in [0.25, 0.3) is 0 Å². The first-order valence-electron chi connectivity index (χ1n) is 6.52. The summed E-state index contributed by atoms with van der Waals surface area (Å²) >= 11 is 0. The molecule has 0 aromatic rings. The number of rotatable bonds is 6. The Kier molecular flexibility index (Phi) is 6.23. The number of carboxylic acid groups (broad SMARTS) is 2. The molecule has 1 fully saturated rings. The van der Waals surface area contributed by atoms with Crippen LogP contribution in [0.1, 0.15) is 19.8 Å². The van der Waals surface area contributed by atoms with Crippen molar-refractivity contribution >= 4 is 18.0 Å². The average Bonchev–Trinajstić information content (AvgIpc) is 2.36. The number of ether oxygens (including phenoxy) is 1. The lowest BCUT2D eigenvalue weighted by atomic mass is 9.94. The summed E-state index contributed by atoms with van der Waals surface area (Å²) < 4.78 is 4.76. The van der Waals surface area contributed by atoms with Crippen LogP contribution in [-0.2, 0) is 14.3 Å². The predicted molar refractivity (Wildman–Crippen MR) is 68.4 cm³/mol. The van der Waals surface area contributed by atoms with Gasteiger partial charge in [-0.25, -0.2) is 4.79 Å². The van der Waals surface area contributed by atoms with Gasteiger partial charge in [-0.2, -0.15) is 0 Å². The van der Waals surface area contributed by atoms with Crippen molar-refractivity contribution < 1.29 is 29.3 Å². The fraction of sp³-hybridized carbons (Fsp3) is 0.750. The first-order valence-corrected chi connectivity index (χ1v) is 6.52. The van der Waals surface area contributed by atoms with E-state index in [2.05, 4.69) is 5.32 Å². The molecule has 0 aliphatic carbocycles. The Morgan fingerprint density at radius 2 is 2.00 bits per heavy atom. The van der Waals surface area contributed by atoms with Gasteiger partial charge in [0.1, 0.15) is 0 Å². The molecule has 0 radical (unpaired) electrons. The quantitative estimate of drug-likeness (QED) is 0.629. The first kappa shape index (κ1) is 16.2. The van der Waals surface area contributed by atoms with Crippen molar-refractivity contribution in [1.82, 2.24) is 10.2 Å². The van der Waals surface area contributed by atoms with E-state index in [0.29, 0.717) is 19.5 Å². The van der Waals surface area contributed by atoms with Gasteiger partial charge in [0, 0.05) is 25.7 Å². The summed E-state index contributed by atoms with van der Waals surface area (Å²) in [5.41, 5.74) is 0. The highest BCUT2D eigenvalue weighted by molar-refractivity contribution is 5.71. The van der Waals surface area contributed by atoms with Crippen LogP contribution in [0.4, 0.5) is 4.79 Å². The summed E-state index contributed by atoms with van der Waals surface area (Å²) in [7, 11) is 0. The monoisotopic (exact) mass is 288 g/mol. The van der Waals surface area contributed by atoms with Crippen LogP contribution in [0.3, 0.4) is 0 Å². The molecule has 2 unspecified atom stereocenters. The van der Waals surface area contributed by atoms with Gasteiger partial charge in [0.05, 0.1) is 18.9 Å². The fourth-order valence-corrected chi connectivity index (χ4v) is 2.25. The molecule has 0 spiro atoms. The predicted octanol–water partition coefficient (Wildman–Crippen LogP) is -0.0177. The summed E-state index contributed by atoms with van der Waals surface area (Å²) in [4.78, 5) is 34.8. The highest BCUT2D eigenvalue weighted by Gasteiger charge is 2.32. The average molecular weight is 288 g/mol. The maximum atomic E-state index is 11.4. The minimum Gasteiger partial charge on any atom is -0.481 e. The number of piperidine rings is 1. The number of carbonyl (C=O) groups is 3. The maximum Gasteiger partial charge on any atom is 0.407 e. The third kappa shape index (κ3) is 5.43. The molecule has 8 heteroatoms. The summed E-state index contributed by atoms with van der Waals surface area (Å²) in [5, 5.41) is 20.4. The molecule has 1 heterocycles. The van der Waals surface area contributed by atoms with Gasteiger partial charge in [-0.15, -0.1) is 0 Å². The van der Waals surface area contributed by atoms with E-state index in [9.17, 15) is 14.4 Å². The summed E-state index contributed by atoms with van der Waals surface area (Å²) in [6.45, 7) is 2.91. The Morgan fingerprint density at radius 3 is 2.55 bits per heavy atom. The second-order valence-electron chi connectivity index (χ2n) is 4.74. The first-order chi connectivity index (χ1) is 9.42. The molecule has 1 aliphatic rings. The minimum absolute atomic E-state index is 0.0571. The SMILES string of the molecule is CCOC(=O)NC1CC(C(=O)O)CN(CCC(=O)O)C1. The van der Waals surface area contributed by atoms with Crippen LogP contribution in [0.5, 0.6) is 0 Å². The van der Waals surface area contributed by atoms with Crippen LogP contribution in [0.2, 0.25) is 0 Å². The fourth-order valence-electron chi connectivity index (χ4n) is 2.25. The Balaban J connectivity index is 2.58. The number of nitrogens with zero attached hydrogens (tertiary/aromatic N) is 1. The van der Waals surface area contributed by atoms with E-state index in [1.807, 2.05) is 0 Å². The van der Waals surface area contributed by atoms with Gasteiger partial charge in [-0.05, 0) is 13.3 Å². The lowest BCUT2D eigenvalue weighted by Crippen LogP contribution is -2.52. The lowest BCUT2D eigenvalue weighted by Gasteiger charge is -2.35. The largest absolute Gasteiger partial charge is 0.481 e. The van der Waals surface area contributed by atoms with Crippen molar-refractivity contribution in [3.63, 3.8) is 0 Å². The second-order valence-corrected chi connectivity index (χ2v) is 4.74. The molecule has 20 heavy (non-hydrogen) atoms. The number of hydrogen-bond donors (Lipinski definition) is 3. The number of hydrogen-bond acceptors (Lipinski definition) is 5. The molecule has 8 nitrogen and oxygen atoms in total. The molecule has 0 saturated carbocycles. The molecule has 3 N–H and O–H groups in total. The third-order valence-electron chi connectivity index (χ3n) is 3.11. The Bertz CT molecular complexity index is 373. The number of amides is 1. The van der Waals surface area contributed by atoms with Crippen molar-refractivity contribution in [2.75, 3.05) is 26.2 Å². The lowest BCUT2D eigenvalue weighted by molar-refractivity contribution is -0.144. The van der Waals surface area contributed by atoms with E-state index < -0.39 is 23.9 Å². The van der Waals surface area contributed by atoms with Crippen molar-refractivity contribution in [2.24, 2.45) is 5.92 Å². The zero-order valence-electron chi connectivity index (χ0n) is 11.4. The zero-order chi connectivity index (χ0) is 15.1.